The molecule has 0 saturated heterocycles. The third-order valence-corrected chi connectivity index (χ3v) is 6.83. The monoisotopic (exact) mass is 506 g/mol. The highest BCUT2D eigenvalue weighted by molar-refractivity contribution is 5.96. The predicted molar refractivity (Wildman–Crippen MR) is 139 cm³/mol. The van der Waals surface area contributed by atoms with Crippen molar-refractivity contribution in [2.45, 2.75) is 43.9 Å². The minimum absolute atomic E-state index is 0.0962. The molecular weight excluding hydrogens is 472 g/mol. The Morgan fingerprint density at radius 1 is 1.16 bits per heavy atom. The lowest BCUT2D eigenvalue weighted by Crippen LogP contribution is -2.56. The Balaban J connectivity index is 1.72. The zero-order valence-electron chi connectivity index (χ0n) is 21.2. The molecule has 1 aliphatic carbocycles. The average Bonchev–Trinajstić information content (AvgIpc) is 3.32. The number of rotatable bonds is 10. The summed E-state index contributed by atoms with van der Waals surface area (Å²) >= 11 is 0. The zero-order chi connectivity index (χ0) is 26.4. The molecule has 2 aromatic rings. The fraction of sp³-hybridized carbons (Fsp3) is 0.379. The first kappa shape index (κ1) is 26.4. The summed E-state index contributed by atoms with van der Waals surface area (Å²) < 4.78 is 11.6. The van der Waals surface area contributed by atoms with Gasteiger partial charge >= 0.3 is 0 Å². The molecule has 0 fully saturated rings. The van der Waals surface area contributed by atoms with Crippen LogP contribution in [0.25, 0.3) is 0 Å². The molecular formula is C29H34N2O6. The summed E-state index contributed by atoms with van der Waals surface area (Å²) in [6.45, 7) is 2.13. The maximum absolute atomic E-state index is 13.4. The van der Waals surface area contributed by atoms with Gasteiger partial charge in [-0.25, -0.2) is 0 Å². The van der Waals surface area contributed by atoms with E-state index in [1.807, 2.05) is 55.5 Å². The number of benzene rings is 2. The van der Waals surface area contributed by atoms with Crippen LogP contribution in [0.2, 0.25) is 0 Å². The van der Waals surface area contributed by atoms with Crippen LogP contribution in [0.15, 0.2) is 72.3 Å². The van der Waals surface area contributed by atoms with Gasteiger partial charge in [0.25, 0.3) is 0 Å². The van der Waals surface area contributed by atoms with Crippen LogP contribution in [0.4, 0.5) is 0 Å². The number of carbonyl (C=O) groups is 2. The molecule has 0 bridgehead atoms. The number of hydrogen-bond donors (Lipinski definition) is 3. The van der Waals surface area contributed by atoms with Crippen molar-refractivity contribution in [3.8, 4) is 11.5 Å². The lowest BCUT2D eigenvalue weighted by molar-refractivity contribution is -0.132. The number of allylic oxidation sites excluding steroid dienone is 1. The van der Waals surface area contributed by atoms with Crippen LogP contribution in [-0.2, 0) is 16.0 Å². The van der Waals surface area contributed by atoms with Gasteiger partial charge in [-0.1, -0.05) is 49.4 Å². The number of para-hydroxylation sites is 2. The number of nitrogens with zero attached hydrogens (tertiary/aromatic N) is 1. The lowest BCUT2D eigenvalue weighted by atomic mass is 9.77. The fourth-order valence-corrected chi connectivity index (χ4v) is 5.06. The van der Waals surface area contributed by atoms with Crippen molar-refractivity contribution < 1.29 is 29.3 Å². The minimum atomic E-state index is -1.07. The summed E-state index contributed by atoms with van der Waals surface area (Å²) in [5.41, 5.74) is 2.15. The molecule has 0 aromatic heterocycles. The maximum atomic E-state index is 13.4. The van der Waals surface area contributed by atoms with Crippen LogP contribution in [0.3, 0.4) is 0 Å². The standard InChI is InChI=1S/C29H34N2O6/c1-3-4-13-25(33)31(16-14-19-9-5-7-11-23(19)36-2)22-18-21(29(35)30-15-17-32)26-20-10-6-8-12-24(20)37-28(26)27(22)34/h4-13,18,22,26-28,32,34H,3,14-17H2,1-2H3,(H,30,35). The average molecular weight is 507 g/mol. The van der Waals surface area contributed by atoms with Crippen molar-refractivity contribution in [3.63, 3.8) is 0 Å². The van der Waals surface area contributed by atoms with Crippen LogP contribution < -0.4 is 14.8 Å². The molecule has 8 nitrogen and oxygen atoms in total. The molecule has 2 amide bonds. The zero-order valence-corrected chi connectivity index (χ0v) is 21.2. The van der Waals surface area contributed by atoms with E-state index < -0.39 is 24.2 Å². The normalized spacial score (nSPS) is 22.0. The summed E-state index contributed by atoms with van der Waals surface area (Å²) in [6, 6.07) is 14.2. The quantitative estimate of drug-likeness (QED) is 0.427. The van der Waals surface area contributed by atoms with E-state index in [1.165, 1.54) is 6.08 Å². The number of hydrogen-bond acceptors (Lipinski definition) is 6. The first-order valence-corrected chi connectivity index (χ1v) is 12.6. The van der Waals surface area contributed by atoms with Gasteiger partial charge in [0.05, 0.1) is 25.7 Å². The molecule has 4 unspecified atom stereocenters. The van der Waals surface area contributed by atoms with E-state index in [4.69, 9.17) is 9.47 Å². The Bertz CT molecular complexity index is 1180. The topological polar surface area (TPSA) is 108 Å². The molecule has 37 heavy (non-hydrogen) atoms. The minimum Gasteiger partial charge on any atom is -0.496 e. The van der Waals surface area contributed by atoms with E-state index in [0.29, 0.717) is 30.7 Å². The number of aliphatic hydroxyl groups is 2. The highest BCUT2D eigenvalue weighted by Gasteiger charge is 2.50. The van der Waals surface area contributed by atoms with Crippen LogP contribution in [0.5, 0.6) is 11.5 Å². The largest absolute Gasteiger partial charge is 0.496 e. The van der Waals surface area contributed by atoms with Gasteiger partial charge in [-0.05, 0) is 42.7 Å². The second kappa shape index (κ2) is 12.1. The highest BCUT2D eigenvalue weighted by atomic mass is 16.5. The first-order valence-electron chi connectivity index (χ1n) is 12.6. The summed E-state index contributed by atoms with van der Waals surface area (Å²) in [6.07, 6.45) is 4.34. The van der Waals surface area contributed by atoms with Gasteiger partial charge in [-0.15, -0.1) is 0 Å². The van der Waals surface area contributed by atoms with Crippen LogP contribution in [0, 0.1) is 0 Å². The van der Waals surface area contributed by atoms with Crippen molar-refractivity contribution in [2.75, 3.05) is 26.8 Å². The molecule has 0 spiro atoms. The molecule has 196 valence electrons. The number of amides is 2. The highest BCUT2D eigenvalue weighted by Crippen LogP contribution is 2.47. The molecule has 4 atom stereocenters. The number of methoxy groups -OCH3 is 1. The van der Waals surface area contributed by atoms with Crippen molar-refractivity contribution in [1.29, 1.82) is 0 Å². The van der Waals surface area contributed by atoms with E-state index >= 15 is 0 Å². The second-order valence-corrected chi connectivity index (χ2v) is 9.08. The van der Waals surface area contributed by atoms with E-state index in [2.05, 4.69) is 5.32 Å². The Morgan fingerprint density at radius 3 is 2.68 bits per heavy atom. The summed E-state index contributed by atoms with van der Waals surface area (Å²) in [5.74, 6) is 0.218. The number of carbonyl (C=O) groups excluding carboxylic acids is 2. The van der Waals surface area contributed by atoms with Gasteiger partial charge in [0.2, 0.25) is 11.8 Å². The Morgan fingerprint density at radius 2 is 1.92 bits per heavy atom. The van der Waals surface area contributed by atoms with E-state index in [0.717, 1.165) is 16.9 Å². The van der Waals surface area contributed by atoms with Crippen molar-refractivity contribution in [1.82, 2.24) is 10.2 Å². The molecule has 1 aliphatic heterocycles. The molecule has 1 heterocycles. The van der Waals surface area contributed by atoms with Crippen LogP contribution >= 0.6 is 0 Å². The molecule has 3 N–H and O–H groups in total. The molecule has 0 saturated carbocycles. The maximum Gasteiger partial charge on any atom is 0.247 e. The summed E-state index contributed by atoms with van der Waals surface area (Å²) in [7, 11) is 1.60. The number of nitrogens with one attached hydrogen (secondary N) is 1. The fourth-order valence-electron chi connectivity index (χ4n) is 5.06. The van der Waals surface area contributed by atoms with Crippen molar-refractivity contribution in [3.05, 3.63) is 83.5 Å². The molecule has 0 radical (unpaired) electrons. The third kappa shape index (κ3) is 5.55. The first-order chi connectivity index (χ1) is 18.0. The van der Waals surface area contributed by atoms with Crippen LogP contribution in [0.1, 0.15) is 30.4 Å². The van der Waals surface area contributed by atoms with Gasteiger partial charge in [-0.2, -0.15) is 0 Å². The molecule has 4 rings (SSSR count). The number of aliphatic hydroxyl groups excluding tert-OH is 2. The van der Waals surface area contributed by atoms with E-state index in [1.54, 1.807) is 24.2 Å². The van der Waals surface area contributed by atoms with Gasteiger partial charge in [0.1, 0.15) is 23.7 Å². The SMILES string of the molecule is CCC=CC(=O)N(CCc1ccccc1OC)C1C=C(C(=O)NCCO)C2c3ccccc3OC2C1O. The predicted octanol–water partition coefficient (Wildman–Crippen LogP) is 2.36. The third-order valence-electron chi connectivity index (χ3n) is 6.83. The summed E-state index contributed by atoms with van der Waals surface area (Å²) in [5, 5.41) is 23.5. The smallest absolute Gasteiger partial charge is 0.247 e. The van der Waals surface area contributed by atoms with Crippen LogP contribution in [-0.4, -0.2) is 72.0 Å². The molecule has 8 heteroatoms. The lowest BCUT2D eigenvalue weighted by Gasteiger charge is -2.40. The Hall–Kier alpha value is -3.62. The number of fused-ring (bicyclic) bond motifs is 3. The van der Waals surface area contributed by atoms with Gasteiger partial charge < -0.3 is 29.9 Å². The summed E-state index contributed by atoms with van der Waals surface area (Å²) in [4.78, 5) is 28.2. The number of ether oxygens (including phenoxy) is 2. The second-order valence-electron chi connectivity index (χ2n) is 9.08. The Kier molecular flexibility index (Phi) is 8.63. The molecule has 2 aliphatic rings. The Labute approximate surface area is 217 Å². The van der Waals surface area contributed by atoms with Gasteiger partial charge in [0, 0.05) is 24.2 Å². The van der Waals surface area contributed by atoms with Crippen molar-refractivity contribution in [2.24, 2.45) is 0 Å². The van der Waals surface area contributed by atoms with E-state index in [-0.39, 0.29) is 25.0 Å². The van der Waals surface area contributed by atoms with Gasteiger partial charge in [0.15, 0.2) is 0 Å². The van der Waals surface area contributed by atoms with Crippen molar-refractivity contribution >= 4 is 11.8 Å². The molecule has 2 aromatic carbocycles. The van der Waals surface area contributed by atoms with E-state index in [9.17, 15) is 19.8 Å². The van der Waals surface area contributed by atoms with Gasteiger partial charge in [-0.3, -0.25) is 9.59 Å².